The van der Waals surface area contributed by atoms with Crippen LogP contribution in [0.2, 0.25) is 0 Å². The number of benzene rings is 1. The maximum Gasteiger partial charge on any atom is 0.341 e. The van der Waals surface area contributed by atoms with Gasteiger partial charge in [-0.3, -0.25) is 4.57 Å². The predicted molar refractivity (Wildman–Crippen MR) is 68.5 cm³/mol. The Morgan fingerprint density at radius 3 is 2.17 bits per heavy atom. The van der Waals surface area contributed by atoms with Gasteiger partial charge in [-0.25, -0.2) is 0 Å². The van der Waals surface area contributed by atoms with E-state index in [9.17, 15) is 9.36 Å². The number of carbonyl (C=O) groups is 1. The first-order chi connectivity index (χ1) is 8.49. The molecule has 0 heterocycles. The van der Waals surface area contributed by atoms with Crippen molar-refractivity contribution in [3.8, 4) is 0 Å². The van der Waals surface area contributed by atoms with Crippen LogP contribution in [-0.4, -0.2) is 20.5 Å². The molecule has 0 spiro atoms. The first-order valence-electron chi connectivity index (χ1n) is 5.73. The zero-order valence-electron chi connectivity index (χ0n) is 10.8. The lowest BCUT2D eigenvalue weighted by Gasteiger charge is -2.27. The minimum absolute atomic E-state index is 0.479. The molecule has 0 saturated heterocycles. The third kappa shape index (κ3) is 1.53. The highest BCUT2D eigenvalue weighted by atomic mass is 31.2. The molecule has 1 fully saturated rings. The molecule has 0 amide bonds. The molecule has 1 saturated carbocycles. The average molecular weight is 268 g/mol. The highest BCUT2D eigenvalue weighted by molar-refractivity contribution is 7.55. The monoisotopic (exact) mass is 268 g/mol. The van der Waals surface area contributed by atoms with Crippen LogP contribution in [-0.2, 0) is 23.6 Å². The summed E-state index contributed by atoms with van der Waals surface area (Å²) in [7, 11) is -0.645. The summed E-state index contributed by atoms with van der Waals surface area (Å²) >= 11 is 0. The summed E-state index contributed by atoms with van der Waals surface area (Å²) in [6.45, 7) is 1.79. The minimum atomic E-state index is -3.36. The van der Waals surface area contributed by atoms with E-state index in [2.05, 4.69) is 0 Å². The summed E-state index contributed by atoms with van der Waals surface area (Å²) in [4.78, 5) is 11.3. The van der Waals surface area contributed by atoms with Crippen molar-refractivity contribution >= 4 is 13.9 Å². The molecule has 2 rings (SSSR count). The molecule has 0 aromatic heterocycles. The maximum absolute atomic E-state index is 12.8. The maximum atomic E-state index is 12.8. The van der Waals surface area contributed by atoms with Crippen LogP contribution in [0.3, 0.4) is 0 Å². The van der Waals surface area contributed by atoms with Crippen LogP contribution in [0.1, 0.15) is 18.9 Å². The highest BCUT2D eigenvalue weighted by Crippen LogP contribution is 2.83. The fourth-order valence-corrected chi connectivity index (χ4v) is 5.16. The van der Waals surface area contributed by atoms with Crippen LogP contribution in [0.25, 0.3) is 0 Å². The average Bonchev–Trinajstić information content (AvgIpc) is 3.08. The first-order valence-corrected chi connectivity index (χ1v) is 7.27. The van der Waals surface area contributed by atoms with Crippen LogP contribution >= 0.6 is 7.60 Å². The Kier molecular flexibility index (Phi) is 3.22. The van der Waals surface area contributed by atoms with Crippen LogP contribution < -0.4 is 0 Å². The molecular formula is C13H17O4P. The van der Waals surface area contributed by atoms with Crippen molar-refractivity contribution in [2.24, 2.45) is 5.41 Å². The SMILES string of the molecule is COP(=O)(OC)[C@]1(c2ccccc2)C[C@]1(C)C=O. The van der Waals surface area contributed by atoms with Crippen molar-refractivity contribution in [3.63, 3.8) is 0 Å². The highest BCUT2D eigenvalue weighted by Gasteiger charge is 2.76. The molecule has 98 valence electrons. The molecule has 0 radical (unpaired) electrons. The second kappa shape index (κ2) is 4.30. The Morgan fingerprint density at radius 1 is 1.22 bits per heavy atom. The Labute approximate surface area is 107 Å². The largest absolute Gasteiger partial charge is 0.341 e. The van der Waals surface area contributed by atoms with Crippen LogP contribution in [0.5, 0.6) is 0 Å². The topological polar surface area (TPSA) is 52.6 Å². The van der Waals surface area contributed by atoms with Crippen molar-refractivity contribution in [2.75, 3.05) is 14.2 Å². The lowest BCUT2D eigenvalue weighted by Crippen LogP contribution is -2.20. The number of hydrogen-bond acceptors (Lipinski definition) is 4. The van der Waals surface area contributed by atoms with Crippen molar-refractivity contribution < 1.29 is 18.4 Å². The Hall–Kier alpha value is -0.960. The summed E-state index contributed by atoms with van der Waals surface area (Å²) < 4.78 is 23.1. The molecule has 2 atom stereocenters. The van der Waals surface area contributed by atoms with Gasteiger partial charge in [-0.05, 0) is 12.0 Å². The van der Waals surface area contributed by atoms with E-state index in [0.29, 0.717) is 6.42 Å². The molecule has 0 N–H and O–H groups in total. The third-order valence-corrected chi connectivity index (χ3v) is 6.73. The van der Waals surface area contributed by atoms with Crippen molar-refractivity contribution in [2.45, 2.75) is 18.5 Å². The number of carbonyl (C=O) groups excluding carboxylic acids is 1. The van der Waals surface area contributed by atoms with E-state index in [1.165, 1.54) is 14.2 Å². The van der Waals surface area contributed by atoms with Crippen molar-refractivity contribution in [1.82, 2.24) is 0 Å². The third-order valence-electron chi connectivity index (χ3n) is 3.90. The molecule has 0 aliphatic heterocycles. The number of hydrogen-bond donors (Lipinski definition) is 0. The Balaban J connectivity index is 2.59. The Bertz CT molecular complexity index is 493. The zero-order valence-corrected chi connectivity index (χ0v) is 11.6. The molecule has 1 aliphatic rings. The molecule has 0 bridgehead atoms. The fourth-order valence-electron chi connectivity index (χ4n) is 2.73. The smallest absolute Gasteiger partial charge is 0.311 e. The molecule has 1 aliphatic carbocycles. The summed E-state index contributed by atoms with van der Waals surface area (Å²) in [5.74, 6) is 0. The minimum Gasteiger partial charge on any atom is -0.311 e. The van der Waals surface area contributed by atoms with E-state index in [-0.39, 0.29) is 0 Å². The molecular weight excluding hydrogens is 251 g/mol. The summed E-state index contributed by atoms with van der Waals surface area (Å²) in [6.07, 6.45) is 1.33. The van der Waals surface area contributed by atoms with Gasteiger partial charge in [0.05, 0.1) is 0 Å². The van der Waals surface area contributed by atoms with Crippen molar-refractivity contribution in [1.29, 1.82) is 0 Å². The molecule has 4 nitrogen and oxygen atoms in total. The number of rotatable bonds is 5. The predicted octanol–water partition coefficient (Wildman–Crippen LogP) is 2.98. The lowest BCUT2D eigenvalue weighted by atomic mass is 10.0. The van der Waals surface area contributed by atoms with E-state index in [1.54, 1.807) is 6.92 Å². The van der Waals surface area contributed by atoms with E-state index in [1.807, 2.05) is 30.3 Å². The quantitative estimate of drug-likeness (QED) is 0.608. The van der Waals surface area contributed by atoms with Crippen molar-refractivity contribution in [3.05, 3.63) is 35.9 Å². The van der Waals surface area contributed by atoms with Gasteiger partial charge in [0, 0.05) is 19.6 Å². The molecule has 1 aromatic rings. The van der Waals surface area contributed by atoms with E-state index >= 15 is 0 Å². The van der Waals surface area contributed by atoms with E-state index in [0.717, 1.165) is 11.8 Å². The van der Waals surface area contributed by atoms with Gasteiger partial charge in [-0.2, -0.15) is 0 Å². The summed E-state index contributed by atoms with van der Waals surface area (Å²) in [6, 6.07) is 9.31. The standard InChI is InChI=1S/C13H17O4P/c1-12(10-14)9-13(12,18(15,16-2)17-3)11-7-5-4-6-8-11/h4-8,10H,9H2,1-3H3/t12-,13+/m1/s1. The molecule has 5 heteroatoms. The lowest BCUT2D eigenvalue weighted by molar-refractivity contribution is -0.112. The van der Waals surface area contributed by atoms with Crippen LogP contribution in [0.4, 0.5) is 0 Å². The molecule has 0 unspecified atom stereocenters. The second-order valence-electron chi connectivity index (χ2n) is 4.80. The molecule has 18 heavy (non-hydrogen) atoms. The van der Waals surface area contributed by atoms with Gasteiger partial charge < -0.3 is 13.8 Å². The van der Waals surface area contributed by atoms with Gasteiger partial charge >= 0.3 is 7.60 Å². The summed E-state index contributed by atoms with van der Waals surface area (Å²) in [5, 5.41) is -0.855. The van der Waals surface area contributed by atoms with Gasteiger partial charge in [-0.15, -0.1) is 0 Å². The van der Waals surface area contributed by atoms with Gasteiger partial charge in [-0.1, -0.05) is 37.3 Å². The van der Waals surface area contributed by atoms with Gasteiger partial charge in [0.2, 0.25) is 0 Å². The first kappa shape index (κ1) is 13.5. The van der Waals surface area contributed by atoms with E-state index in [4.69, 9.17) is 9.05 Å². The van der Waals surface area contributed by atoms with Gasteiger partial charge in [0.15, 0.2) is 0 Å². The van der Waals surface area contributed by atoms with Gasteiger partial charge in [0.25, 0.3) is 0 Å². The van der Waals surface area contributed by atoms with Gasteiger partial charge in [0.1, 0.15) is 11.4 Å². The zero-order chi connectivity index (χ0) is 13.4. The number of aldehydes is 1. The van der Waals surface area contributed by atoms with Crippen LogP contribution in [0, 0.1) is 5.41 Å². The fraction of sp³-hybridized carbons (Fsp3) is 0.462. The van der Waals surface area contributed by atoms with Crippen LogP contribution in [0.15, 0.2) is 30.3 Å². The normalized spacial score (nSPS) is 31.1. The van der Waals surface area contributed by atoms with E-state index < -0.39 is 18.2 Å². The Morgan fingerprint density at radius 2 is 1.78 bits per heavy atom. The molecule has 1 aromatic carbocycles. The summed E-state index contributed by atoms with van der Waals surface area (Å²) in [5.41, 5.74) is 0.127. The second-order valence-corrected chi connectivity index (χ2v) is 7.29.